The van der Waals surface area contributed by atoms with Crippen LogP contribution in [-0.2, 0) is 11.2 Å². The van der Waals surface area contributed by atoms with Crippen LogP contribution < -0.4 is 5.32 Å². The predicted molar refractivity (Wildman–Crippen MR) is 78.9 cm³/mol. The van der Waals surface area contributed by atoms with Crippen LogP contribution in [0.3, 0.4) is 0 Å². The van der Waals surface area contributed by atoms with Gasteiger partial charge >= 0.3 is 0 Å². The molecule has 0 aliphatic heterocycles. The largest absolute Gasteiger partial charge is 0.354 e. The van der Waals surface area contributed by atoms with Gasteiger partial charge in [-0.2, -0.15) is 5.26 Å². The van der Waals surface area contributed by atoms with Crippen molar-refractivity contribution in [1.29, 1.82) is 5.26 Å². The highest BCUT2D eigenvalue weighted by atomic mass is 19.1. The van der Waals surface area contributed by atoms with Gasteiger partial charge < -0.3 is 5.32 Å². The second-order valence-electron chi connectivity index (χ2n) is 5.74. The number of carbonyl (C=O) groups excluding carboxylic acids is 1. The van der Waals surface area contributed by atoms with E-state index in [4.69, 9.17) is 0 Å². The summed E-state index contributed by atoms with van der Waals surface area (Å²) in [4.78, 5) is 12.4. The van der Waals surface area contributed by atoms with Gasteiger partial charge in [-0.15, -0.1) is 0 Å². The number of nitriles is 1. The van der Waals surface area contributed by atoms with Gasteiger partial charge in [0.25, 0.3) is 0 Å². The zero-order valence-electron chi connectivity index (χ0n) is 12.2. The Hall–Kier alpha value is -1.89. The number of halogens is 1. The number of benzene rings is 1. The Morgan fingerprint density at radius 1 is 1.19 bits per heavy atom. The first-order valence-corrected chi connectivity index (χ1v) is 7.60. The lowest BCUT2D eigenvalue weighted by atomic mass is 9.81. The number of hydrogen-bond acceptors (Lipinski definition) is 2. The SMILES string of the molecule is N#CC1(C(=O)NCCc2ccc(F)cc2)CCCCCC1. The normalized spacial score (nSPS) is 17.5. The minimum Gasteiger partial charge on any atom is -0.354 e. The van der Waals surface area contributed by atoms with Gasteiger partial charge in [0.15, 0.2) is 0 Å². The predicted octanol–water partition coefficient (Wildman–Crippen LogP) is 3.35. The van der Waals surface area contributed by atoms with E-state index in [1.54, 1.807) is 12.1 Å². The van der Waals surface area contributed by atoms with Gasteiger partial charge in [0.2, 0.25) is 5.91 Å². The van der Waals surface area contributed by atoms with Gasteiger partial charge in [0.05, 0.1) is 6.07 Å². The molecular formula is C17H21FN2O. The Balaban J connectivity index is 1.88. The molecule has 0 radical (unpaired) electrons. The van der Waals surface area contributed by atoms with Crippen molar-refractivity contribution in [3.63, 3.8) is 0 Å². The molecule has 0 heterocycles. The third kappa shape index (κ3) is 4.04. The Morgan fingerprint density at radius 2 is 1.81 bits per heavy atom. The highest BCUT2D eigenvalue weighted by molar-refractivity contribution is 5.85. The van der Waals surface area contributed by atoms with Gasteiger partial charge in [0.1, 0.15) is 11.2 Å². The Kier molecular flexibility index (Phi) is 5.32. The molecule has 1 aromatic rings. The van der Waals surface area contributed by atoms with Gasteiger partial charge in [-0.1, -0.05) is 37.8 Å². The number of nitrogens with one attached hydrogen (secondary N) is 1. The molecule has 2 rings (SSSR count). The first-order valence-electron chi connectivity index (χ1n) is 7.60. The molecule has 0 bridgehead atoms. The molecule has 1 fully saturated rings. The first kappa shape index (κ1) is 15.5. The number of nitrogens with zero attached hydrogens (tertiary/aromatic N) is 1. The number of rotatable bonds is 4. The lowest BCUT2D eigenvalue weighted by Gasteiger charge is -2.23. The number of carbonyl (C=O) groups is 1. The molecule has 0 saturated heterocycles. The van der Waals surface area contributed by atoms with Crippen molar-refractivity contribution in [2.75, 3.05) is 6.54 Å². The van der Waals surface area contributed by atoms with Crippen molar-refractivity contribution < 1.29 is 9.18 Å². The Morgan fingerprint density at radius 3 is 2.38 bits per heavy atom. The quantitative estimate of drug-likeness (QED) is 0.864. The Bertz CT molecular complexity index is 511. The molecule has 0 atom stereocenters. The molecule has 1 aromatic carbocycles. The second kappa shape index (κ2) is 7.21. The third-order valence-corrected chi connectivity index (χ3v) is 4.22. The molecule has 3 nitrogen and oxygen atoms in total. The summed E-state index contributed by atoms with van der Waals surface area (Å²) in [6.45, 7) is 0.480. The van der Waals surface area contributed by atoms with Crippen molar-refractivity contribution >= 4 is 5.91 Å². The van der Waals surface area contributed by atoms with Crippen LogP contribution in [-0.4, -0.2) is 12.5 Å². The van der Waals surface area contributed by atoms with Crippen LogP contribution >= 0.6 is 0 Å². The molecule has 112 valence electrons. The van der Waals surface area contributed by atoms with E-state index < -0.39 is 5.41 Å². The van der Waals surface area contributed by atoms with E-state index in [9.17, 15) is 14.4 Å². The fourth-order valence-electron chi connectivity index (χ4n) is 2.86. The van der Waals surface area contributed by atoms with Gasteiger partial charge in [0, 0.05) is 6.54 Å². The summed E-state index contributed by atoms with van der Waals surface area (Å²) in [5.74, 6) is -0.404. The summed E-state index contributed by atoms with van der Waals surface area (Å²) >= 11 is 0. The molecule has 1 N–H and O–H groups in total. The van der Waals surface area contributed by atoms with Gasteiger partial charge in [-0.25, -0.2) is 4.39 Å². The molecule has 1 amide bonds. The van der Waals surface area contributed by atoms with Gasteiger partial charge in [-0.3, -0.25) is 4.79 Å². The van der Waals surface area contributed by atoms with Crippen LogP contribution in [0.25, 0.3) is 0 Å². The standard InChI is InChI=1S/C17H21FN2O/c18-15-7-5-14(6-8-15)9-12-20-16(21)17(13-19)10-3-1-2-4-11-17/h5-8H,1-4,9-12H2,(H,20,21). The monoisotopic (exact) mass is 288 g/mol. The van der Waals surface area contributed by atoms with E-state index >= 15 is 0 Å². The molecular weight excluding hydrogens is 267 g/mol. The smallest absolute Gasteiger partial charge is 0.240 e. The summed E-state index contributed by atoms with van der Waals surface area (Å²) in [7, 11) is 0. The summed E-state index contributed by atoms with van der Waals surface area (Å²) in [6, 6.07) is 8.51. The molecule has 0 spiro atoms. The molecule has 21 heavy (non-hydrogen) atoms. The summed E-state index contributed by atoms with van der Waals surface area (Å²) < 4.78 is 12.8. The molecule has 1 aliphatic rings. The fourth-order valence-corrected chi connectivity index (χ4v) is 2.86. The van der Waals surface area contributed by atoms with Crippen LogP contribution in [0.15, 0.2) is 24.3 Å². The van der Waals surface area contributed by atoms with Crippen molar-refractivity contribution in [1.82, 2.24) is 5.32 Å². The fraction of sp³-hybridized carbons (Fsp3) is 0.529. The lowest BCUT2D eigenvalue weighted by molar-refractivity contribution is -0.128. The van der Waals surface area contributed by atoms with Crippen LogP contribution in [0.4, 0.5) is 4.39 Å². The molecule has 0 unspecified atom stereocenters. The van der Waals surface area contributed by atoms with E-state index in [0.717, 1.165) is 31.2 Å². The van der Waals surface area contributed by atoms with Crippen LogP contribution in [0, 0.1) is 22.6 Å². The minimum absolute atomic E-state index is 0.144. The first-order chi connectivity index (χ1) is 10.2. The highest BCUT2D eigenvalue weighted by Crippen LogP contribution is 2.34. The van der Waals surface area contributed by atoms with E-state index in [1.165, 1.54) is 12.1 Å². The van der Waals surface area contributed by atoms with Crippen molar-refractivity contribution in [2.24, 2.45) is 5.41 Å². The summed E-state index contributed by atoms with van der Waals surface area (Å²) in [5.41, 5.74) is 0.128. The van der Waals surface area contributed by atoms with Crippen LogP contribution in [0.5, 0.6) is 0 Å². The highest BCUT2D eigenvalue weighted by Gasteiger charge is 2.38. The zero-order valence-corrected chi connectivity index (χ0v) is 12.2. The topological polar surface area (TPSA) is 52.9 Å². The number of amides is 1. The molecule has 1 saturated carbocycles. The van der Waals surface area contributed by atoms with E-state index in [0.29, 0.717) is 25.8 Å². The number of hydrogen-bond donors (Lipinski definition) is 1. The summed E-state index contributed by atoms with van der Waals surface area (Å²) in [6.07, 6.45) is 6.06. The van der Waals surface area contributed by atoms with Crippen molar-refractivity contribution in [3.8, 4) is 6.07 Å². The minimum atomic E-state index is -0.848. The maximum absolute atomic E-state index is 12.8. The van der Waals surface area contributed by atoms with E-state index in [2.05, 4.69) is 11.4 Å². The molecule has 4 heteroatoms. The summed E-state index contributed by atoms with van der Waals surface area (Å²) in [5, 5.41) is 12.3. The van der Waals surface area contributed by atoms with Crippen LogP contribution in [0.1, 0.15) is 44.1 Å². The van der Waals surface area contributed by atoms with Gasteiger partial charge in [-0.05, 0) is 37.0 Å². The Labute approximate surface area is 125 Å². The average Bonchev–Trinajstić information content (AvgIpc) is 2.75. The molecule has 0 aromatic heterocycles. The average molecular weight is 288 g/mol. The van der Waals surface area contributed by atoms with Crippen molar-refractivity contribution in [3.05, 3.63) is 35.6 Å². The molecule has 1 aliphatic carbocycles. The van der Waals surface area contributed by atoms with E-state index in [1.807, 2.05) is 0 Å². The second-order valence-corrected chi connectivity index (χ2v) is 5.74. The van der Waals surface area contributed by atoms with Crippen molar-refractivity contribution in [2.45, 2.75) is 44.9 Å². The third-order valence-electron chi connectivity index (χ3n) is 4.22. The zero-order chi connectivity index (χ0) is 15.1. The maximum Gasteiger partial charge on any atom is 0.240 e. The van der Waals surface area contributed by atoms with E-state index in [-0.39, 0.29) is 11.7 Å². The van der Waals surface area contributed by atoms with Crippen LogP contribution in [0.2, 0.25) is 0 Å². The lowest BCUT2D eigenvalue weighted by Crippen LogP contribution is -2.40. The maximum atomic E-state index is 12.8.